The van der Waals surface area contributed by atoms with Crippen LogP contribution in [-0.2, 0) is 10.3 Å². The number of likely N-dealkylation sites (N-methyl/N-ethyl adjacent to an activating group) is 1. The van der Waals surface area contributed by atoms with Crippen molar-refractivity contribution < 1.29 is 13.6 Å². The lowest BCUT2D eigenvalue weighted by atomic mass is 9.94. The van der Waals surface area contributed by atoms with Gasteiger partial charge in [-0.2, -0.15) is 0 Å². The molecule has 0 saturated carbocycles. The van der Waals surface area contributed by atoms with Crippen LogP contribution in [0.15, 0.2) is 18.2 Å². The van der Waals surface area contributed by atoms with E-state index >= 15 is 0 Å². The number of halogens is 2. The normalized spacial score (nSPS) is 11.4. The summed E-state index contributed by atoms with van der Waals surface area (Å²) in [5.41, 5.74) is -0.233. The highest BCUT2D eigenvalue weighted by molar-refractivity contribution is 5.78. The van der Waals surface area contributed by atoms with E-state index in [1.165, 1.54) is 6.07 Å². The predicted molar refractivity (Wildman–Crippen MR) is 61.5 cm³/mol. The molecule has 94 valence electrons. The average Bonchev–Trinajstić information content (AvgIpc) is 2.21. The Kier molecular flexibility index (Phi) is 4.17. The molecule has 0 fully saturated rings. The first-order valence-corrected chi connectivity index (χ1v) is 5.28. The molecule has 5 heteroatoms. The van der Waals surface area contributed by atoms with Gasteiger partial charge >= 0.3 is 0 Å². The predicted octanol–water partition coefficient (Wildman–Crippen LogP) is 1.54. The van der Waals surface area contributed by atoms with E-state index in [-0.39, 0.29) is 12.5 Å². The van der Waals surface area contributed by atoms with E-state index in [0.717, 1.165) is 12.1 Å². The number of hydrogen-bond acceptors (Lipinski definition) is 2. The van der Waals surface area contributed by atoms with Gasteiger partial charge in [-0.1, -0.05) is 6.07 Å². The molecular weight excluding hydrogens is 226 g/mol. The van der Waals surface area contributed by atoms with Gasteiger partial charge in [-0.3, -0.25) is 4.79 Å². The van der Waals surface area contributed by atoms with Gasteiger partial charge in [0.15, 0.2) is 11.6 Å². The first kappa shape index (κ1) is 13.6. The highest BCUT2D eigenvalue weighted by Crippen LogP contribution is 2.21. The summed E-state index contributed by atoms with van der Waals surface area (Å²) in [5, 5.41) is 5.45. The van der Waals surface area contributed by atoms with Gasteiger partial charge in [0.1, 0.15) is 0 Å². The molecule has 0 atom stereocenters. The second-order valence-corrected chi connectivity index (χ2v) is 4.33. The summed E-state index contributed by atoms with van der Waals surface area (Å²) < 4.78 is 25.9. The smallest absolute Gasteiger partial charge is 0.234 e. The Morgan fingerprint density at radius 1 is 1.29 bits per heavy atom. The largest absolute Gasteiger partial charge is 0.346 e. The van der Waals surface area contributed by atoms with E-state index in [2.05, 4.69) is 10.6 Å². The Bertz CT molecular complexity index is 419. The van der Waals surface area contributed by atoms with Gasteiger partial charge < -0.3 is 10.6 Å². The molecule has 1 amide bonds. The van der Waals surface area contributed by atoms with Crippen molar-refractivity contribution in [3.05, 3.63) is 35.4 Å². The average molecular weight is 242 g/mol. The summed E-state index contributed by atoms with van der Waals surface area (Å²) in [4.78, 5) is 11.4. The minimum Gasteiger partial charge on any atom is -0.346 e. The monoisotopic (exact) mass is 242 g/mol. The van der Waals surface area contributed by atoms with Crippen molar-refractivity contribution in [2.45, 2.75) is 19.4 Å². The lowest BCUT2D eigenvalue weighted by Gasteiger charge is -2.27. The lowest BCUT2D eigenvalue weighted by Crippen LogP contribution is -2.44. The SMILES string of the molecule is CNCC(=O)NC(C)(C)c1ccc(F)c(F)c1. The molecule has 1 rings (SSSR count). The Labute approximate surface area is 99.2 Å². The maximum Gasteiger partial charge on any atom is 0.234 e. The van der Waals surface area contributed by atoms with E-state index in [0.29, 0.717) is 5.56 Å². The van der Waals surface area contributed by atoms with Gasteiger partial charge in [0, 0.05) is 0 Å². The van der Waals surface area contributed by atoms with E-state index in [1.807, 2.05) is 0 Å². The summed E-state index contributed by atoms with van der Waals surface area (Å²) in [6.07, 6.45) is 0. The Hall–Kier alpha value is -1.49. The summed E-state index contributed by atoms with van der Waals surface area (Å²) in [6.45, 7) is 3.63. The number of benzene rings is 1. The van der Waals surface area contributed by atoms with Gasteiger partial charge in [-0.15, -0.1) is 0 Å². The molecule has 0 aliphatic rings. The minimum atomic E-state index is -0.918. The van der Waals surface area contributed by atoms with Crippen LogP contribution in [-0.4, -0.2) is 19.5 Å². The van der Waals surface area contributed by atoms with Crippen LogP contribution < -0.4 is 10.6 Å². The number of hydrogen-bond donors (Lipinski definition) is 2. The number of carbonyl (C=O) groups excluding carboxylic acids is 1. The zero-order valence-electron chi connectivity index (χ0n) is 10.1. The van der Waals surface area contributed by atoms with Crippen LogP contribution in [0.2, 0.25) is 0 Å². The molecule has 0 radical (unpaired) electrons. The number of carbonyl (C=O) groups is 1. The number of nitrogens with one attached hydrogen (secondary N) is 2. The molecule has 0 saturated heterocycles. The molecule has 0 spiro atoms. The molecule has 3 nitrogen and oxygen atoms in total. The first-order chi connectivity index (χ1) is 7.86. The second kappa shape index (κ2) is 5.23. The minimum absolute atomic E-state index is 0.174. The summed E-state index contributed by atoms with van der Waals surface area (Å²) in [7, 11) is 1.66. The molecule has 1 aromatic carbocycles. The van der Waals surface area contributed by atoms with E-state index in [4.69, 9.17) is 0 Å². The molecule has 17 heavy (non-hydrogen) atoms. The number of rotatable bonds is 4. The molecule has 0 bridgehead atoms. The second-order valence-electron chi connectivity index (χ2n) is 4.33. The van der Waals surface area contributed by atoms with Crippen LogP contribution in [0.5, 0.6) is 0 Å². The molecule has 0 heterocycles. The zero-order chi connectivity index (χ0) is 13.1. The standard InChI is InChI=1S/C12H16F2N2O/c1-12(2,16-11(17)7-15-3)8-4-5-9(13)10(14)6-8/h4-6,15H,7H2,1-3H3,(H,16,17). The highest BCUT2D eigenvalue weighted by Gasteiger charge is 2.23. The maximum absolute atomic E-state index is 13.1. The van der Waals surface area contributed by atoms with Gasteiger partial charge in [0.05, 0.1) is 12.1 Å². The van der Waals surface area contributed by atoms with Gasteiger partial charge in [-0.25, -0.2) is 8.78 Å². The van der Waals surface area contributed by atoms with Crippen LogP contribution in [0, 0.1) is 11.6 Å². The molecule has 2 N–H and O–H groups in total. The molecule has 0 aromatic heterocycles. The molecule has 1 aromatic rings. The van der Waals surface area contributed by atoms with Crippen molar-refractivity contribution >= 4 is 5.91 Å². The van der Waals surface area contributed by atoms with Gasteiger partial charge in [0.25, 0.3) is 0 Å². The summed E-state index contributed by atoms with van der Waals surface area (Å²) in [6, 6.07) is 3.60. The number of amides is 1. The lowest BCUT2D eigenvalue weighted by molar-refractivity contribution is -0.121. The van der Waals surface area contributed by atoms with Gasteiger partial charge in [0.2, 0.25) is 5.91 Å². The van der Waals surface area contributed by atoms with Crippen LogP contribution >= 0.6 is 0 Å². The fourth-order valence-electron chi connectivity index (χ4n) is 1.51. The van der Waals surface area contributed by atoms with Crippen molar-refractivity contribution in [2.75, 3.05) is 13.6 Å². The fourth-order valence-corrected chi connectivity index (χ4v) is 1.51. The van der Waals surface area contributed by atoms with E-state index < -0.39 is 17.2 Å². The van der Waals surface area contributed by atoms with E-state index in [9.17, 15) is 13.6 Å². The van der Waals surface area contributed by atoms with Crippen LogP contribution in [0.1, 0.15) is 19.4 Å². The fraction of sp³-hybridized carbons (Fsp3) is 0.417. The maximum atomic E-state index is 13.1. The van der Waals surface area contributed by atoms with Crippen LogP contribution in [0.3, 0.4) is 0 Å². The molecule has 0 aliphatic heterocycles. The third-order valence-electron chi connectivity index (χ3n) is 2.43. The van der Waals surface area contributed by atoms with Crippen molar-refractivity contribution in [3.63, 3.8) is 0 Å². The van der Waals surface area contributed by atoms with Crippen molar-refractivity contribution in [2.24, 2.45) is 0 Å². The summed E-state index contributed by atoms with van der Waals surface area (Å²) >= 11 is 0. The third kappa shape index (κ3) is 3.49. The third-order valence-corrected chi connectivity index (χ3v) is 2.43. The highest BCUT2D eigenvalue weighted by atomic mass is 19.2. The molecule has 0 aliphatic carbocycles. The quantitative estimate of drug-likeness (QED) is 0.840. The topological polar surface area (TPSA) is 41.1 Å². The molecular formula is C12H16F2N2O. The summed E-state index contributed by atoms with van der Waals surface area (Å²) in [5.74, 6) is -2.02. The van der Waals surface area contributed by atoms with E-state index in [1.54, 1.807) is 20.9 Å². The zero-order valence-corrected chi connectivity index (χ0v) is 10.1. The Morgan fingerprint density at radius 2 is 1.94 bits per heavy atom. The Morgan fingerprint density at radius 3 is 2.47 bits per heavy atom. The van der Waals surface area contributed by atoms with Gasteiger partial charge in [-0.05, 0) is 38.6 Å². The van der Waals surface area contributed by atoms with Crippen molar-refractivity contribution in [1.29, 1.82) is 0 Å². The van der Waals surface area contributed by atoms with Crippen LogP contribution in [0.4, 0.5) is 8.78 Å². The Balaban J connectivity index is 2.88. The first-order valence-electron chi connectivity index (χ1n) is 5.28. The molecule has 0 unspecified atom stereocenters. The van der Waals surface area contributed by atoms with Crippen molar-refractivity contribution in [1.82, 2.24) is 10.6 Å². The van der Waals surface area contributed by atoms with Crippen LogP contribution in [0.25, 0.3) is 0 Å². The van der Waals surface area contributed by atoms with Crippen molar-refractivity contribution in [3.8, 4) is 0 Å².